The Hall–Kier alpha value is -3.07. The molecule has 0 unspecified atom stereocenters. The SMILES string of the molecule is CS(=O)(=O)NC(=O)c1cc(Cl)c(-n2cc(Cl)c3c(OCc4ccccc4)cccc32)cc1F. The number of sulfonamides is 1. The first-order valence-electron chi connectivity index (χ1n) is 9.62. The van der Waals surface area contributed by atoms with Crippen LogP contribution in [0.1, 0.15) is 15.9 Å². The van der Waals surface area contributed by atoms with E-state index >= 15 is 0 Å². The van der Waals surface area contributed by atoms with E-state index in [-0.39, 0.29) is 10.7 Å². The van der Waals surface area contributed by atoms with E-state index in [2.05, 4.69) is 0 Å². The number of nitrogens with one attached hydrogen (secondary N) is 1. The van der Waals surface area contributed by atoms with Gasteiger partial charge in [0.1, 0.15) is 18.2 Å². The maximum Gasteiger partial charge on any atom is 0.267 e. The zero-order chi connectivity index (χ0) is 23.8. The average Bonchev–Trinajstić information content (AvgIpc) is 3.10. The maximum absolute atomic E-state index is 14.8. The zero-order valence-corrected chi connectivity index (χ0v) is 19.5. The molecule has 3 aromatic carbocycles. The highest BCUT2D eigenvalue weighted by Crippen LogP contribution is 2.37. The number of hydrogen-bond acceptors (Lipinski definition) is 4. The maximum atomic E-state index is 14.8. The van der Waals surface area contributed by atoms with Crippen molar-refractivity contribution in [2.45, 2.75) is 6.61 Å². The minimum atomic E-state index is -3.87. The van der Waals surface area contributed by atoms with Gasteiger partial charge in [-0.2, -0.15) is 0 Å². The Morgan fingerprint density at radius 2 is 1.79 bits per heavy atom. The van der Waals surface area contributed by atoms with Gasteiger partial charge in [-0.25, -0.2) is 17.5 Å². The van der Waals surface area contributed by atoms with Crippen molar-refractivity contribution in [2.75, 3.05) is 6.26 Å². The molecule has 1 N–H and O–H groups in total. The van der Waals surface area contributed by atoms with Crippen molar-refractivity contribution in [1.29, 1.82) is 0 Å². The standard InChI is InChI=1S/C23H17Cl2FN2O4S/c1-33(30,31)27-23(29)15-10-16(24)20(11-18(15)26)28-12-17(25)22-19(28)8-5-9-21(22)32-13-14-6-3-2-4-7-14/h2-12H,13H2,1H3,(H,27,29). The van der Waals surface area contributed by atoms with Crippen molar-refractivity contribution in [1.82, 2.24) is 9.29 Å². The number of nitrogens with zero attached hydrogens (tertiary/aromatic N) is 1. The molecule has 0 aliphatic carbocycles. The van der Waals surface area contributed by atoms with Crippen molar-refractivity contribution in [2.24, 2.45) is 0 Å². The normalized spacial score (nSPS) is 11.5. The van der Waals surface area contributed by atoms with Gasteiger partial charge in [-0.3, -0.25) is 4.79 Å². The number of ether oxygens (including phenoxy) is 1. The van der Waals surface area contributed by atoms with E-state index in [1.807, 2.05) is 30.3 Å². The van der Waals surface area contributed by atoms with Gasteiger partial charge in [0.2, 0.25) is 10.0 Å². The molecule has 0 aliphatic rings. The van der Waals surface area contributed by atoms with Crippen LogP contribution in [0.2, 0.25) is 10.0 Å². The summed E-state index contributed by atoms with van der Waals surface area (Å²) in [6.45, 7) is 0.334. The summed E-state index contributed by atoms with van der Waals surface area (Å²) in [7, 11) is -3.87. The molecule has 0 aliphatic heterocycles. The highest BCUT2D eigenvalue weighted by atomic mass is 35.5. The summed E-state index contributed by atoms with van der Waals surface area (Å²) in [4.78, 5) is 12.1. The van der Waals surface area contributed by atoms with Gasteiger partial charge >= 0.3 is 0 Å². The zero-order valence-electron chi connectivity index (χ0n) is 17.2. The quantitative estimate of drug-likeness (QED) is 0.382. The third kappa shape index (κ3) is 4.98. The van der Waals surface area contributed by atoms with Crippen molar-refractivity contribution in [3.8, 4) is 11.4 Å². The first kappa shape index (κ1) is 23.1. The number of fused-ring (bicyclic) bond motifs is 1. The van der Waals surface area contributed by atoms with Crippen molar-refractivity contribution in [3.63, 3.8) is 0 Å². The largest absolute Gasteiger partial charge is 0.488 e. The second-order valence-corrected chi connectivity index (χ2v) is 9.82. The number of benzene rings is 3. The van der Waals surface area contributed by atoms with E-state index < -0.39 is 27.3 Å². The third-order valence-corrected chi connectivity index (χ3v) is 5.95. The van der Waals surface area contributed by atoms with Crippen LogP contribution in [-0.2, 0) is 16.6 Å². The van der Waals surface area contributed by atoms with Gasteiger partial charge < -0.3 is 9.30 Å². The van der Waals surface area contributed by atoms with Crippen LogP contribution in [0, 0.1) is 5.82 Å². The minimum absolute atomic E-state index is 0.0271. The fraction of sp³-hybridized carbons (Fsp3) is 0.0870. The smallest absolute Gasteiger partial charge is 0.267 e. The first-order chi connectivity index (χ1) is 15.6. The van der Waals surface area contributed by atoms with Crippen LogP contribution >= 0.6 is 23.2 Å². The molecule has 0 bridgehead atoms. The molecule has 1 heterocycles. The first-order valence-corrected chi connectivity index (χ1v) is 12.3. The van der Waals surface area contributed by atoms with E-state index in [4.69, 9.17) is 27.9 Å². The predicted octanol–water partition coefficient (Wildman–Crippen LogP) is 5.34. The third-order valence-electron chi connectivity index (χ3n) is 4.80. The van der Waals surface area contributed by atoms with Gasteiger partial charge in [0, 0.05) is 12.3 Å². The molecule has 33 heavy (non-hydrogen) atoms. The number of rotatable bonds is 6. The number of hydrogen-bond donors (Lipinski definition) is 1. The molecule has 0 spiro atoms. The topological polar surface area (TPSA) is 77.4 Å². The molecule has 0 fully saturated rings. The summed E-state index contributed by atoms with van der Waals surface area (Å²) in [5.41, 5.74) is 1.32. The summed E-state index contributed by atoms with van der Waals surface area (Å²) in [5.74, 6) is -1.51. The fourth-order valence-electron chi connectivity index (χ4n) is 3.38. The van der Waals surface area contributed by atoms with Gasteiger partial charge in [0.05, 0.1) is 38.5 Å². The van der Waals surface area contributed by atoms with E-state index in [0.717, 1.165) is 24.0 Å². The lowest BCUT2D eigenvalue weighted by Gasteiger charge is -2.12. The highest BCUT2D eigenvalue weighted by Gasteiger charge is 2.21. The number of carbonyl (C=O) groups is 1. The molecular formula is C23H17Cl2FN2O4S. The molecule has 1 aromatic heterocycles. The molecule has 0 atom stereocenters. The van der Waals surface area contributed by atoms with E-state index in [1.165, 1.54) is 0 Å². The van der Waals surface area contributed by atoms with Crippen LogP contribution in [-0.4, -0.2) is 25.1 Å². The van der Waals surface area contributed by atoms with Crippen LogP contribution in [0.15, 0.2) is 66.9 Å². The highest BCUT2D eigenvalue weighted by molar-refractivity contribution is 7.89. The van der Waals surface area contributed by atoms with Gasteiger partial charge in [0.25, 0.3) is 5.91 Å². The number of aromatic nitrogens is 1. The summed E-state index contributed by atoms with van der Waals surface area (Å²) in [5, 5.41) is 1.01. The van der Waals surface area contributed by atoms with Crippen LogP contribution in [0.5, 0.6) is 5.75 Å². The lowest BCUT2D eigenvalue weighted by Crippen LogP contribution is -2.30. The lowest BCUT2D eigenvalue weighted by atomic mass is 10.1. The van der Waals surface area contributed by atoms with Gasteiger partial charge in [0.15, 0.2) is 0 Å². The Bertz CT molecular complexity index is 1470. The molecule has 1 amide bonds. The Morgan fingerprint density at radius 3 is 2.48 bits per heavy atom. The van der Waals surface area contributed by atoms with Crippen LogP contribution < -0.4 is 9.46 Å². The minimum Gasteiger partial charge on any atom is -0.488 e. The molecular weight excluding hydrogens is 490 g/mol. The summed E-state index contributed by atoms with van der Waals surface area (Å²) < 4.78 is 46.6. The van der Waals surface area contributed by atoms with Crippen LogP contribution in [0.25, 0.3) is 16.6 Å². The van der Waals surface area contributed by atoms with Gasteiger partial charge in [-0.1, -0.05) is 59.6 Å². The second-order valence-electron chi connectivity index (χ2n) is 7.26. The van der Waals surface area contributed by atoms with Crippen molar-refractivity contribution >= 4 is 50.0 Å². The Labute approximate surface area is 199 Å². The lowest BCUT2D eigenvalue weighted by molar-refractivity contribution is 0.0978. The predicted molar refractivity (Wildman–Crippen MR) is 126 cm³/mol. The number of halogens is 3. The van der Waals surface area contributed by atoms with E-state index in [9.17, 15) is 17.6 Å². The Morgan fingerprint density at radius 1 is 1.06 bits per heavy atom. The molecule has 4 rings (SSSR count). The molecule has 10 heteroatoms. The fourth-order valence-corrected chi connectivity index (χ4v) is 4.37. The molecule has 6 nitrogen and oxygen atoms in total. The average molecular weight is 507 g/mol. The van der Waals surface area contributed by atoms with Gasteiger partial charge in [-0.15, -0.1) is 0 Å². The summed E-state index contributed by atoms with van der Waals surface area (Å²) in [6, 6.07) is 17.1. The number of carbonyl (C=O) groups excluding carboxylic acids is 1. The second kappa shape index (κ2) is 9.05. The molecule has 0 saturated carbocycles. The van der Waals surface area contributed by atoms with Crippen molar-refractivity contribution in [3.05, 3.63) is 93.8 Å². The van der Waals surface area contributed by atoms with Gasteiger partial charge in [-0.05, 0) is 23.8 Å². The Kier molecular flexibility index (Phi) is 6.34. The molecule has 4 aromatic rings. The summed E-state index contributed by atoms with van der Waals surface area (Å²) >= 11 is 12.8. The monoisotopic (exact) mass is 506 g/mol. The van der Waals surface area contributed by atoms with Crippen molar-refractivity contribution < 1.29 is 22.3 Å². The molecule has 0 saturated heterocycles. The van der Waals surface area contributed by atoms with E-state index in [1.54, 1.807) is 33.7 Å². The number of amides is 1. The summed E-state index contributed by atoms with van der Waals surface area (Å²) in [6.07, 6.45) is 2.36. The van der Waals surface area contributed by atoms with Crippen LogP contribution in [0.4, 0.5) is 4.39 Å². The Balaban J connectivity index is 1.73. The molecule has 0 radical (unpaired) electrons. The molecule has 170 valence electrons. The van der Waals surface area contributed by atoms with E-state index in [0.29, 0.717) is 28.3 Å². The van der Waals surface area contributed by atoms with Crippen LogP contribution in [0.3, 0.4) is 0 Å².